The van der Waals surface area contributed by atoms with Crippen LogP contribution >= 0.6 is 23.2 Å². The molecule has 1 amide bonds. The molecule has 9 nitrogen and oxygen atoms in total. The maximum Gasteiger partial charge on any atom is 0.269 e. The number of nitro groups is 1. The smallest absolute Gasteiger partial charge is 0.269 e. The van der Waals surface area contributed by atoms with E-state index in [1.54, 1.807) is 0 Å². The number of non-ortho nitro benzene ring substituents is 1. The zero-order valence-electron chi connectivity index (χ0n) is 22.9. The third kappa shape index (κ3) is 7.98. The number of nitrogens with one attached hydrogen (secondary N) is 1. The average molecular weight is 644 g/mol. The van der Waals surface area contributed by atoms with Crippen LogP contribution < -0.4 is 5.32 Å². The summed E-state index contributed by atoms with van der Waals surface area (Å²) in [6.07, 6.45) is -0.508. The van der Waals surface area contributed by atoms with Crippen molar-refractivity contribution in [3.8, 4) is 0 Å². The number of nitrogens with zero attached hydrogens (tertiary/aromatic N) is 1. The molecule has 0 aliphatic heterocycles. The van der Waals surface area contributed by atoms with E-state index in [2.05, 4.69) is 5.32 Å². The molecule has 0 bridgehead atoms. The van der Waals surface area contributed by atoms with Crippen LogP contribution in [0, 0.1) is 10.1 Å². The van der Waals surface area contributed by atoms with E-state index >= 15 is 0 Å². The van der Waals surface area contributed by atoms with Gasteiger partial charge in [0.05, 0.1) is 23.8 Å². The Morgan fingerprint density at radius 3 is 1.65 bits per heavy atom. The van der Waals surface area contributed by atoms with Crippen LogP contribution in [0.3, 0.4) is 0 Å². The summed E-state index contributed by atoms with van der Waals surface area (Å²) in [5.41, 5.74) is 1.09. The number of nitro benzene ring substituents is 1. The molecule has 4 aromatic carbocycles. The van der Waals surface area contributed by atoms with Gasteiger partial charge >= 0.3 is 0 Å². The van der Waals surface area contributed by atoms with Gasteiger partial charge in [0.15, 0.2) is 4.84 Å². The molecule has 2 atom stereocenters. The van der Waals surface area contributed by atoms with Gasteiger partial charge in [0, 0.05) is 12.1 Å². The lowest BCUT2D eigenvalue weighted by atomic mass is 9.80. The molecule has 0 saturated carbocycles. The van der Waals surface area contributed by atoms with Gasteiger partial charge in [-0.1, -0.05) is 114 Å². The third-order valence-electron chi connectivity index (χ3n) is 6.62. The number of alkyl halides is 2. The minimum absolute atomic E-state index is 0.212. The number of hydrogen-bond acceptors (Lipinski definition) is 7. The number of benzene rings is 4. The predicted molar refractivity (Wildman–Crippen MR) is 164 cm³/mol. The van der Waals surface area contributed by atoms with E-state index in [0.29, 0.717) is 0 Å². The Bertz CT molecular complexity index is 1530. The Kier molecular flexibility index (Phi) is 10.5. The van der Waals surface area contributed by atoms with Gasteiger partial charge in [0.25, 0.3) is 21.7 Å². The van der Waals surface area contributed by atoms with Crippen molar-refractivity contribution in [3.05, 3.63) is 148 Å². The van der Waals surface area contributed by atoms with Gasteiger partial charge in [-0.25, -0.2) is 0 Å². The van der Waals surface area contributed by atoms with E-state index in [-0.39, 0.29) is 17.9 Å². The second-order valence-electron chi connectivity index (χ2n) is 9.58. The SMILES string of the molecule is CS(=O)(=O)O[C@@H](c1ccc([N+](=O)[O-])cc1)[C@H](COC(c1ccccc1)(c1ccccc1)c1ccccc1)NC(=O)C(Cl)Cl. The molecule has 4 aromatic rings. The normalized spacial score (nSPS) is 13.3. The second kappa shape index (κ2) is 14.1. The number of rotatable bonds is 13. The molecular weight excluding hydrogens is 615 g/mol. The number of carbonyl (C=O) groups is 1. The predicted octanol–water partition coefficient (Wildman–Crippen LogP) is 5.91. The zero-order valence-corrected chi connectivity index (χ0v) is 25.2. The van der Waals surface area contributed by atoms with E-state index in [4.69, 9.17) is 32.1 Å². The summed E-state index contributed by atoms with van der Waals surface area (Å²) in [4.78, 5) is 22.0. The van der Waals surface area contributed by atoms with Crippen molar-refractivity contribution in [2.45, 2.75) is 22.6 Å². The third-order valence-corrected chi connectivity index (χ3v) is 7.58. The highest BCUT2D eigenvalue weighted by molar-refractivity contribution is 7.86. The molecule has 224 valence electrons. The van der Waals surface area contributed by atoms with Crippen LogP contribution in [-0.4, -0.2) is 43.0 Å². The number of carbonyl (C=O) groups excluding carboxylic acids is 1. The molecule has 4 rings (SSSR count). The molecule has 0 aromatic heterocycles. The fourth-order valence-corrected chi connectivity index (χ4v) is 5.51. The lowest BCUT2D eigenvalue weighted by Crippen LogP contribution is -2.48. The highest BCUT2D eigenvalue weighted by Gasteiger charge is 2.40. The number of amides is 1. The number of hydrogen-bond donors (Lipinski definition) is 1. The second-order valence-corrected chi connectivity index (χ2v) is 12.3. The molecule has 0 aliphatic carbocycles. The molecule has 1 N–H and O–H groups in total. The van der Waals surface area contributed by atoms with Gasteiger partial charge in [-0.15, -0.1) is 0 Å². The van der Waals surface area contributed by atoms with Gasteiger partial charge in [0.2, 0.25) is 0 Å². The minimum Gasteiger partial charge on any atom is -0.359 e. The van der Waals surface area contributed by atoms with Gasteiger partial charge in [-0.3, -0.25) is 19.1 Å². The molecular formula is C31H28Cl2N2O7S. The average Bonchev–Trinajstić information content (AvgIpc) is 3.00. The Morgan fingerprint density at radius 1 is 0.837 bits per heavy atom. The first-order valence-electron chi connectivity index (χ1n) is 13.0. The first-order valence-corrected chi connectivity index (χ1v) is 15.7. The molecule has 0 spiro atoms. The molecule has 0 radical (unpaired) electrons. The van der Waals surface area contributed by atoms with Crippen molar-refractivity contribution < 1.29 is 27.1 Å². The largest absolute Gasteiger partial charge is 0.359 e. The summed E-state index contributed by atoms with van der Waals surface area (Å²) in [5, 5.41) is 13.9. The molecule has 0 heterocycles. The van der Waals surface area contributed by atoms with Crippen molar-refractivity contribution in [2.24, 2.45) is 0 Å². The van der Waals surface area contributed by atoms with E-state index in [0.717, 1.165) is 22.9 Å². The van der Waals surface area contributed by atoms with Gasteiger partial charge in [-0.2, -0.15) is 8.42 Å². The Balaban J connectivity index is 1.87. The van der Waals surface area contributed by atoms with E-state index < -0.39 is 43.5 Å². The maximum absolute atomic E-state index is 12.8. The van der Waals surface area contributed by atoms with Gasteiger partial charge in [-0.05, 0) is 34.4 Å². The first-order chi connectivity index (χ1) is 20.5. The summed E-state index contributed by atoms with van der Waals surface area (Å²) in [7, 11) is -4.12. The van der Waals surface area contributed by atoms with Crippen LogP contribution in [0.4, 0.5) is 5.69 Å². The summed E-state index contributed by atoms with van der Waals surface area (Å²) < 4.78 is 37.2. The van der Waals surface area contributed by atoms with E-state index in [1.807, 2.05) is 91.0 Å². The number of halogens is 2. The molecule has 0 saturated heterocycles. The fraction of sp³-hybridized carbons (Fsp3) is 0.194. The Morgan fingerprint density at radius 2 is 1.28 bits per heavy atom. The Labute approximate surface area is 259 Å². The fourth-order valence-electron chi connectivity index (χ4n) is 4.76. The standard InChI is InChI=1S/C31H28Cl2N2O7S/c1-43(39,40)42-28(22-17-19-26(20-18-22)35(37)38)27(34-30(36)29(32)33)21-41-31(23-11-5-2-6-12-23,24-13-7-3-8-14-24)25-15-9-4-10-16-25/h2-20,27-29H,21H2,1H3,(H,34,36)/t27-,28-/m0/s1. The Hall–Kier alpha value is -3.80. The van der Waals surface area contributed by atoms with Crippen molar-refractivity contribution in [2.75, 3.05) is 12.9 Å². The molecule has 43 heavy (non-hydrogen) atoms. The van der Waals surface area contributed by atoms with E-state index in [1.165, 1.54) is 24.3 Å². The molecule has 0 unspecified atom stereocenters. The van der Waals surface area contributed by atoms with Crippen molar-refractivity contribution >= 4 is 44.9 Å². The summed E-state index contributed by atoms with van der Waals surface area (Å²) in [5.74, 6) is -0.814. The van der Waals surface area contributed by atoms with Crippen LogP contribution in [0.15, 0.2) is 115 Å². The molecule has 0 fully saturated rings. The maximum atomic E-state index is 12.8. The van der Waals surface area contributed by atoms with Gasteiger partial charge in [0.1, 0.15) is 11.7 Å². The van der Waals surface area contributed by atoms with Crippen LogP contribution in [-0.2, 0) is 29.4 Å². The summed E-state index contributed by atoms with van der Waals surface area (Å²) >= 11 is 11.7. The summed E-state index contributed by atoms with van der Waals surface area (Å²) in [6, 6.07) is 32.2. The highest BCUT2D eigenvalue weighted by Crippen LogP contribution is 2.41. The minimum atomic E-state index is -4.12. The lowest BCUT2D eigenvalue weighted by molar-refractivity contribution is -0.384. The molecule has 12 heteroatoms. The van der Waals surface area contributed by atoms with E-state index in [9.17, 15) is 23.3 Å². The topological polar surface area (TPSA) is 125 Å². The van der Waals surface area contributed by atoms with Crippen LogP contribution in [0.25, 0.3) is 0 Å². The first kappa shape index (κ1) is 32.1. The monoisotopic (exact) mass is 642 g/mol. The number of ether oxygens (including phenoxy) is 1. The van der Waals surface area contributed by atoms with Crippen molar-refractivity contribution in [1.82, 2.24) is 5.32 Å². The lowest BCUT2D eigenvalue weighted by Gasteiger charge is -2.38. The highest BCUT2D eigenvalue weighted by atomic mass is 35.5. The van der Waals surface area contributed by atoms with Crippen LogP contribution in [0.2, 0.25) is 0 Å². The molecule has 0 aliphatic rings. The zero-order chi connectivity index (χ0) is 31.0. The van der Waals surface area contributed by atoms with Crippen molar-refractivity contribution in [1.29, 1.82) is 0 Å². The van der Waals surface area contributed by atoms with Crippen LogP contribution in [0.5, 0.6) is 0 Å². The quantitative estimate of drug-likeness (QED) is 0.0632. The summed E-state index contributed by atoms with van der Waals surface area (Å²) in [6.45, 7) is -0.303. The van der Waals surface area contributed by atoms with Gasteiger partial charge < -0.3 is 10.1 Å². The van der Waals surface area contributed by atoms with Crippen molar-refractivity contribution in [3.63, 3.8) is 0 Å². The van der Waals surface area contributed by atoms with Crippen LogP contribution in [0.1, 0.15) is 28.4 Å².